The number of halogens is 1. The second-order valence-corrected chi connectivity index (χ2v) is 5.16. The molecule has 7 nitrogen and oxygen atoms in total. The number of non-ortho nitro benzene ring substituents is 1. The van der Waals surface area contributed by atoms with Crippen LogP contribution in [0.3, 0.4) is 0 Å². The lowest BCUT2D eigenvalue weighted by atomic mass is 10.3. The van der Waals surface area contributed by atoms with Crippen molar-refractivity contribution in [2.24, 2.45) is 0 Å². The summed E-state index contributed by atoms with van der Waals surface area (Å²) in [4.78, 5) is 14.8. The standard InChI is InChI=1S/C15H12ClN3O4/c1-22-13-4-3-12(19(20)21)6-14(13)23-9-11-8-18-7-10(16)2-5-15(18)17-11/h2-8H,9H2,1H3. The second kappa shape index (κ2) is 6.13. The van der Waals surface area contributed by atoms with Crippen LogP contribution in [0.15, 0.2) is 42.7 Å². The van der Waals surface area contributed by atoms with Gasteiger partial charge >= 0.3 is 0 Å². The molecule has 0 saturated heterocycles. The van der Waals surface area contributed by atoms with Gasteiger partial charge in [-0.25, -0.2) is 4.98 Å². The summed E-state index contributed by atoms with van der Waals surface area (Å²) in [6.07, 6.45) is 3.52. The van der Waals surface area contributed by atoms with E-state index in [1.165, 1.54) is 25.3 Å². The van der Waals surface area contributed by atoms with Crippen molar-refractivity contribution in [1.29, 1.82) is 0 Å². The van der Waals surface area contributed by atoms with Gasteiger partial charge in [0.15, 0.2) is 11.5 Å². The third kappa shape index (κ3) is 3.19. The lowest BCUT2D eigenvalue weighted by Crippen LogP contribution is -1.99. The van der Waals surface area contributed by atoms with Gasteiger partial charge < -0.3 is 13.9 Å². The fraction of sp³-hybridized carbons (Fsp3) is 0.133. The first-order valence-electron chi connectivity index (χ1n) is 6.65. The maximum Gasteiger partial charge on any atom is 0.273 e. The minimum absolute atomic E-state index is 0.0671. The van der Waals surface area contributed by atoms with Crippen LogP contribution in [0.5, 0.6) is 11.5 Å². The number of imidazole rings is 1. The molecule has 2 aromatic heterocycles. The van der Waals surface area contributed by atoms with Gasteiger partial charge in [-0.2, -0.15) is 0 Å². The number of hydrogen-bond donors (Lipinski definition) is 0. The molecule has 0 saturated carbocycles. The average Bonchev–Trinajstić information content (AvgIpc) is 2.94. The minimum atomic E-state index is -0.487. The highest BCUT2D eigenvalue weighted by atomic mass is 35.5. The summed E-state index contributed by atoms with van der Waals surface area (Å²) >= 11 is 5.93. The highest BCUT2D eigenvalue weighted by Gasteiger charge is 2.13. The molecule has 1 aromatic carbocycles. The van der Waals surface area contributed by atoms with Gasteiger partial charge in [0.25, 0.3) is 5.69 Å². The first-order valence-corrected chi connectivity index (χ1v) is 7.03. The summed E-state index contributed by atoms with van der Waals surface area (Å²) in [5.41, 5.74) is 1.34. The SMILES string of the molecule is COc1ccc([N+](=O)[O-])cc1OCc1cn2cc(Cl)ccc2n1. The zero-order valence-corrected chi connectivity index (χ0v) is 12.9. The summed E-state index contributed by atoms with van der Waals surface area (Å²) in [5, 5.41) is 11.5. The summed E-state index contributed by atoms with van der Waals surface area (Å²) in [5.74, 6) is 0.708. The quantitative estimate of drug-likeness (QED) is 0.527. The predicted molar refractivity (Wildman–Crippen MR) is 84.2 cm³/mol. The molecule has 0 N–H and O–H groups in total. The molecule has 2 heterocycles. The van der Waals surface area contributed by atoms with E-state index in [0.717, 1.165) is 5.65 Å². The highest BCUT2D eigenvalue weighted by Crippen LogP contribution is 2.31. The van der Waals surface area contributed by atoms with Crippen LogP contribution >= 0.6 is 11.6 Å². The van der Waals surface area contributed by atoms with Crippen LogP contribution in [-0.2, 0) is 6.61 Å². The molecule has 118 valence electrons. The van der Waals surface area contributed by atoms with Gasteiger partial charge in [0.05, 0.1) is 28.8 Å². The van der Waals surface area contributed by atoms with Crippen molar-refractivity contribution in [3.63, 3.8) is 0 Å². The summed E-state index contributed by atoms with van der Waals surface area (Å²) < 4.78 is 12.6. The monoisotopic (exact) mass is 333 g/mol. The highest BCUT2D eigenvalue weighted by molar-refractivity contribution is 6.30. The Balaban J connectivity index is 1.83. The van der Waals surface area contributed by atoms with Crippen LogP contribution in [0.25, 0.3) is 5.65 Å². The van der Waals surface area contributed by atoms with Crippen LogP contribution < -0.4 is 9.47 Å². The molecule has 0 spiro atoms. The lowest BCUT2D eigenvalue weighted by molar-refractivity contribution is -0.385. The normalized spacial score (nSPS) is 10.7. The van der Waals surface area contributed by atoms with E-state index in [9.17, 15) is 10.1 Å². The molecule has 0 unspecified atom stereocenters. The summed E-state index contributed by atoms with van der Waals surface area (Å²) in [6.45, 7) is 0.150. The Kier molecular flexibility index (Phi) is 4.03. The number of nitro groups is 1. The Morgan fingerprint density at radius 2 is 2.09 bits per heavy atom. The molecule has 0 atom stereocenters. The predicted octanol–water partition coefficient (Wildman–Crippen LogP) is 3.48. The number of hydrogen-bond acceptors (Lipinski definition) is 5. The molecule has 0 radical (unpaired) electrons. The smallest absolute Gasteiger partial charge is 0.273 e. The van der Waals surface area contributed by atoms with Crippen LogP contribution in [0.2, 0.25) is 5.02 Å². The van der Waals surface area contributed by atoms with Crippen molar-refractivity contribution >= 4 is 22.9 Å². The van der Waals surface area contributed by atoms with Crippen molar-refractivity contribution in [3.05, 3.63) is 63.6 Å². The molecule has 0 aliphatic heterocycles. The molecule has 0 fully saturated rings. The second-order valence-electron chi connectivity index (χ2n) is 4.73. The minimum Gasteiger partial charge on any atom is -0.493 e. The molecule has 0 aliphatic carbocycles. The molecule has 8 heteroatoms. The van der Waals surface area contributed by atoms with E-state index in [4.69, 9.17) is 21.1 Å². The van der Waals surface area contributed by atoms with Crippen molar-refractivity contribution in [2.45, 2.75) is 6.61 Å². The maximum atomic E-state index is 10.9. The van der Waals surface area contributed by atoms with Gasteiger partial charge in [0, 0.05) is 18.5 Å². The fourth-order valence-electron chi connectivity index (χ4n) is 2.13. The van der Waals surface area contributed by atoms with E-state index < -0.39 is 4.92 Å². The van der Waals surface area contributed by atoms with E-state index in [1.54, 1.807) is 28.9 Å². The number of methoxy groups -OCH3 is 1. The zero-order valence-electron chi connectivity index (χ0n) is 12.1. The Hall–Kier alpha value is -2.80. The first kappa shape index (κ1) is 15.1. The Morgan fingerprint density at radius 1 is 1.26 bits per heavy atom. The number of benzene rings is 1. The topological polar surface area (TPSA) is 78.9 Å². The Labute approximate surface area is 136 Å². The fourth-order valence-corrected chi connectivity index (χ4v) is 2.30. The maximum absolute atomic E-state index is 10.9. The van der Waals surface area contributed by atoms with Gasteiger partial charge in [-0.05, 0) is 18.2 Å². The molecule has 0 amide bonds. The van der Waals surface area contributed by atoms with E-state index >= 15 is 0 Å². The van der Waals surface area contributed by atoms with Gasteiger partial charge in [-0.1, -0.05) is 11.6 Å². The molecule has 3 rings (SSSR count). The van der Waals surface area contributed by atoms with Crippen LogP contribution in [0, 0.1) is 10.1 Å². The molecule has 23 heavy (non-hydrogen) atoms. The van der Waals surface area contributed by atoms with Gasteiger partial charge in [0.1, 0.15) is 12.3 Å². The number of aromatic nitrogens is 2. The van der Waals surface area contributed by atoms with Gasteiger partial charge in [-0.3, -0.25) is 10.1 Å². The molecule has 0 aliphatic rings. The Bertz CT molecular complexity index is 878. The molecule has 3 aromatic rings. The summed E-state index contributed by atoms with van der Waals surface area (Å²) in [6, 6.07) is 7.72. The van der Waals surface area contributed by atoms with E-state index in [0.29, 0.717) is 16.5 Å². The van der Waals surface area contributed by atoms with Crippen molar-refractivity contribution in [3.8, 4) is 11.5 Å². The number of nitro benzene ring substituents is 1. The van der Waals surface area contributed by atoms with Crippen molar-refractivity contribution in [2.75, 3.05) is 7.11 Å². The van der Waals surface area contributed by atoms with Crippen LogP contribution in [0.4, 0.5) is 5.69 Å². The number of ether oxygens (including phenoxy) is 2. The van der Waals surface area contributed by atoms with E-state index in [1.807, 2.05) is 0 Å². The van der Waals surface area contributed by atoms with E-state index in [2.05, 4.69) is 4.98 Å². The Morgan fingerprint density at radius 3 is 2.83 bits per heavy atom. The number of fused-ring (bicyclic) bond motifs is 1. The van der Waals surface area contributed by atoms with Gasteiger partial charge in [-0.15, -0.1) is 0 Å². The van der Waals surface area contributed by atoms with Gasteiger partial charge in [0.2, 0.25) is 0 Å². The zero-order chi connectivity index (χ0) is 16.4. The largest absolute Gasteiger partial charge is 0.493 e. The van der Waals surface area contributed by atoms with Crippen molar-refractivity contribution < 1.29 is 14.4 Å². The summed E-state index contributed by atoms with van der Waals surface area (Å²) in [7, 11) is 1.47. The average molecular weight is 334 g/mol. The van der Waals surface area contributed by atoms with Crippen LogP contribution in [0.1, 0.15) is 5.69 Å². The lowest BCUT2D eigenvalue weighted by Gasteiger charge is -2.09. The van der Waals surface area contributed by atoms with E-state index in [-0.39, 0.29) is 18.0 Å². The van der Waals surface area contributed by atoms with Crippen molar-refractivity contribution in [1.82, 2.24) is 9.38 Å². The van der Waals surface area contributed by atoms with Crippen LogP contribution in [-0.4, -0.2) is 21.4 Å². The molecular weight excluding hydrogens is 322 g/mol. The number of pyridine rings is 1. The third-order valence-electron chi connectivity index (χ3n) is 3.20. The number of rotatable bonds is 5. The molecule has 0 bridgehead atoms. The number of nitrogens with zero attached hydrogens (tertiary/aromatic N) is 3. The first-order chi connectivity index (χ1) is 11.1. The molecular formula is C15H12ClN3O4. The third-order valence-corrected chi connectivity index (χ3v) is 3.42.